The van der Waals surface area contributed by atoms with Gasteiger partial charge in [0.15, 0.2) is 0 Å². The minimum absolute atomic E-state index is 0.891. The lowest BCUT2D eigenvalue weighted by Crippen LogP contribution is -2.10. The molecule has 4 heteroatoms. The second kappa shape index (κ2) is 13.8. The van der Waals surface area contributed by atoms with Crippen LogP contribution in [0.3, 0.4) is 0 Å². The van der Waals surface area contributed by atoms with Crippen LogP contribution in [0.25, 0.3) is 103 Å². The molecule has 3 heterocycles. The van der Waals surface area contributed by atoms with E-state index in [1.807, 2.05) is 11.3 Å². The van der Waals surface area contributed by atoms with E-state index in [1.54, 1.807) is 0 Å². The third-order valence-electron chi connectivity index (χ3n) is 12.6. The van der Waals surface area contributed by atoms with E-state index in [1.165, 1.54) is 52.9 Å². The topological polar surface area (TPSA) is 21.3 Å². The Kier molecular flexibility index (Phi) is 7.78. The van der Waals surface area contributed by atoms with Gasteiger partial charge in [-0.15, -0.1) is 11.3 Å². The van der Waals surface area contributed by atoms with Crippen molar-refractivity contribution in [1.82, 2.24) is 4.57 Å². The molecule has 0 atom stereocenters. The van der Waals surface area contributed by atoms with Crippen molar-refractivity contribution in [2.75, 3.05) is 4.90 Å². The van der Waals surface area contributed by atoms with Crippen molar-refractivity contribution in [3.63, 3.8) is 0 Å². The number of rotatable bonds is 6. The molecule has 0 saturated carbocycles. The van der Waals surface area contributed by atoms with Crippen LogP contribution in [0.15, 0.2) is 223 Å². The Hall–Kier alpha value is -7.92. The van der Waals surface area contributed by atoms with Crippen molar-refractivity contribution in [1.29, 1.82) is 0 Å². The minimum atomic E-state index is 0.891. The number of thiophene rings is 1. The smallest absolute Gasteiger partial charge is 0.143 e. The monoisotopic (exact) mass is 808 g/mol. The van der Waals surface area contributed by atoms with Gasteiger partial charge in [0.2, 0.25) is 0 Å². The van der Waals surface area contributed by atoms with E-state index in [4.69, 9.17) is 4.42 Å². The molecule has 0 spiro atoms. The first-order valence-electron chi connectivity index (χ1n) is 21.1. The van der Waals surface area contributed by atoms with Gasteiger partial charge in [-0.3, -0.25) is 0 Å². The van der Waals surface area contributed by atoms with Gasteiger partial charge in [-0.05, 0) is 94.9 Å². The van der Waals surface area contributed by atoms with Crippen LogP contribution in [-0.2, 0) is 0 Å². The zero-order valence-electron chi connectivity index (χ0n) is 33.5. The van der Waals surface area contributed by atoms with E-state index in [0.29, 0.717) is 0 Å². The molecule has 13 aromatic rings. The molecule has 0 fully saturated rings. The van der Waals surface area contributed by atoms with Crippen LogP contribution in [0.5, 0.6) is 0 Å². The Morgan fingerprint density at radius 3 is 1.90 bits per heavy atom. The first kappa shape index (κ1) is 34.9. The molecule has 0 bridgehead atoms. The van der Waals surface area contributed by atoms with Gasteiger partial charge in [-0.1, -0.05) is 146 Å². The average Bonchev–Trinajstić information content (AvgIpc) is 4.02. The molecule has 0 aliphatic heterocycles. The maximum atomic E-state index is 6.64. The van der Waals surface area contributed by atoms with Gasteiger partial charge in [0.25, 0.3) is 0 Å². The summed E-state index contributed by atoms with van der Waals surface area (Å²) in [6.07, 6.45) is 0. The van der Waals surface area contributed by atoms with Gasteiger partial charge in [0.05, 0.1) is 22.4 Å². The molecule has 0 amide bonds. The predicted molar refractivity (Wildman–Crippen MR) is 264 cm³/mol. The zero-order chi connectivity index (χ0) is 40.7. The number of anilines is 3. The molecule has 62 heavy (non-hydrogen) atoms. The van der Waals surface area contributed by atoms with Crippen LogP contribution in [0.1, 0.15) is 0 Å². The van der Waals surface area contributed by atoms with Crippen molar-refractivity contribution in [2.24, 2.45) is 0 Å². The maximum Gasteiger partial charge on any atom is 0.143 e. The van der Waals surface area contributed by atoms with E-state index in [9.17, 15) is 0 Å². The van der Waals surface area contributed by atoms with Gasteiger partial charge in [-0.2, -0.15) is 0 Å². The first-order valence-corrected chi connectivity index (χ1v) is 21.9. The lowest BCUT2D eigenvalue weighted by molar-refractivity contribution is 0.673. The van der Waals surface area contributed by atoms with E-state index in [2.05, 4.69) is 228 Å². The van der Waals surface area contributed by atoms with Crippen LogP contribution in [0, 0.1) is 0 Å². The third kappa shape index (κ3) is 5.30. The minimum Gasteiger partial charge on any atom is -0.455 e. The molecule has 0 N–H and O–H groups in total. The summed E-state index contributed by atoms with van der Waals surface area (Å²) >= 11 is 1.85. The largest absolute Gasteiger partial charge is 0.455 e. The molecule has 0 unspecified atom stereocenters. The van der Waals surface area contributed by atoms with Gasteiger partial charge in [0, 0.05) is 64.0 Å². The number of hydrogen-bond donors (Lipinski definition) is 0. The molecular weight excluding hydrogens is 773 g/mol. The lowest BCUT2D eigenvalue weighted by Gasteiger charge is -2.27. The summed E-state index contributed by atoms with van der Waals surface area (Å²) in [6, 6.07) is 79.2. The second-order valence-corrected chi connectivity index (χ2v) is 17.1. The number of para-hydroxylation sites is 3. The summed E-state index contributed by atoms with van der Waals surface area (Å²) in [5.74, 6) is 0. The summed E-state index contributed by atoms with van der Waals surface area (Å²) in [4.78, 5) is 2.44. The fraction of sp³-hybridized carbons (Fsp3) is 0. The Balaban J connectivity index is 0.992. The van der Waals surface area contributed by atoms with Crippen molar-refractivity contribution in [3.8, 4) is 27.9 Å². The van der Waals surface area contributed by atoms with Crippen molar-refractivity contribution in [3.05, 3.63) is 218 Å². The summed E-state index contributed by atoms with van der Waals surface area (Å²) in [6.45, 7) is 0. The predicted octanol–water partition coefficient (Wildman–Crippen LogP) is 17.0. The number of aromatic nitrogens is 1. The van der Waals surface area contributed by atoms with Gasteiger partial charge in [-0.25, -0.2) is 0 Å². The summed E-state index contributed by atoms with van der Waals surface area (Å²) in [7, 11) is 0. The van der Waals surface area contributed by atoms with Crippen molar-refractivity contribution in [2.45, 2.75) is 0 Å². The first-order chi connectivity index (χ1) is 30.8. The summed E-state index contributed by atoms with van der Waals surface area (Å²) in [5.41, 5.74) is 13.3. The highest BCUT2D eigenvalue weighted by Gasteiger charge is 2.21. The number of hydrogen-bond acceptors (Lipinski definition) is 3. The molecule has 0 saturated heterocycles. The van der Waals surface area contributed by atoms with E-state index in [-0.39, 0.29) is 0 Å². The Morgan fingerprint density at radius 1 is 0.403 bits per heavy atom. The van der Waals surface area contributed by atoms with Gasteiger partial charge < -0.3 is 13.9 Å². The van der Waals surface area contributed by atoms with Crippen LogP contribution >= 0.6 is 11.3 Å². The SMILES string of the molecule is c1cc(-c2cccc3oc4c5ccccc5ccc4c23)cc(N(c2ccc(-c3ccccc3-n3c4ccccc4c4ccccc43)cc2)c2cccc3sc4ccccc4c23)c1. The average molecular weight is 809 g/mol. The quantitative estimate of drug-likeness (QED) is 0.167. The Morgan fingerprint density at radius 2 is 1.06 bits per heavy atom. The number of furan rings is 1. The molecule has 290 valence electrons. The molecule has 10 aromatic carbocycles. The van der Waals surface area contributed by atoms with Gasteiger partial charge in [0.1, 0.15) is 11.2 Å². The lowest BCUT2D eigenvalue weighted by atomic mass is 9.97. The van der Waals surface area contributed by atoms with Crippen molar-refractivity contribution >= 4 is 103 Å². The number of benzene rings is 10. The van der Waals surface area contributed by atoms with Gasteiger partial charge >= 0.3 is 0 Å². The number of fused-ring (bicyclic) bond motifs is 11. The summed E-state index contributed by atoms with van der Waals surface area (Å²) in [5, 5.41) is 9.60. The van der Waals surface area contributed by atoms with Crippen LogP contribution in [0.2, 0.25) is 0 Å². The summed E-state index contributed by atoms with van der Waals surface area (Å²) < 4.78 is 11.6. The molecule has 13 rings (SSSR count). The normalized spacial score (nSPS) is 11.9. The van der Waals surface area contributed by atoms with Crippen LogP contribution in [-0.4, -0.2) is 4.57 Å². The van der Waals surface area contributed by atoms with Crippen LogP contribution in [0.4, 0.5) is 17.1 Å². The fourth-order valence-corrected chi connectivity index (χ4v) is 11.0. The Bertz CT molecular complexity index is 3830. The van der Waals surface area contributed by atoms with Crippen LogP contribution < -0.4 is 4.90 Å². The molecule has 3 nitrogen and oxygen atoms in total. The van der Waals surface area contributed by atoms with E-state index >= 15 is 0 Å². The Labute approximate surface area is 361 Å². The molecule has 0 aliphatic rings. The molecule has 0 radical (unpaired) electrons. The van der Waals surface area contributed by atoms with E-state index in [0.717, 1.165) is 66.8 Å². The highest BCUT2D eigenvalue weighted by atomic mass is 32.1. The van der Waals surface area contributed by atoms with E-state index < -0.39 is 0 Å². The standard InChI is InChI=1S/C58H36N2OS/c1-2-18-44-37(14-1)32-35-48-56-43(22-12-27-53(56)61-58(44)48)39-15-11-16-41(36-39)59(52-26-13-29-55-57(52)47-21-6-10-28-54(47)62-55)40-33-30-38(31-34-40)42-17-3-7-23-49(42)60-50-24-8-4-19-45(50)46-20-5-9-25-51(46)60/h1-36H. The fourth-order valence-electron chi connectivity index (χ4n) is 9.86. The molecule has 0 aliphatic carbocycles. The molecular formula is C58H36N2OS. The number of nitrogens with zero attached hydrogens (tertiary/aromatic N) is 2. The second-order valence-electron chi connectivity index (χ2n) is 16.0. The van der Waals surface area contributed by atoms with Crippen molar-refractivity contribution < 1.29 is 4.42 Å². The maximum absolute atomic E-state index is 6.64. The third-order valence-corrected chi connectivity index (χ3v) is 13.7. The highest BCUT2D eigenvalue weighted by Crippen LogP contribution is 2.47. The zero-order valence-corrected chi connectivity index (χ0v) is 34.3. The molecule has 3 aromatic heterocycles. The highest BCUT2D eigenvalue weighted by molar-refractivity contribution is 7.26.